The minimum Gasteiger partial charge on any atom is -0.392 e. The molecular formula is C29H34F4N6O4. The molecule has 4 rings (SSSR count). The van der Waals surface area contributed by atoms with Crippen LogP contribution in [0.5, 0.6) is 0 Å². The lowest BCUT2D eigenvalue weighted by molar-refractivity contribution is -0.164. The summed E-state index contributed by atoms with van der Waals surface area (Å²) in [5.41, 5.74) is 4.61. The number of hydrogen-bond donors (Lipinski definition) is 3. The number of carbonyl (C=O) groups excluding carboxylic acids is 3. The van der Waals surface area contributed by atoms with Crippen LogP contribution in [0.15, 0.2) is 47.7 Å². The fourth-order valence-corrected chi connectivity index (χ4v) is 5.37. The lowest BCUT2D eigenvalue weighted by Crippen LogP contribution is -2.61. The number of aliphatic hydroxyl groups is 1. The molecule has 43 heavy (non-hydrogen) atoms. The zero-order valence-electron chi connectivity index (χ0n) is 23.8. The summed E-state index contributed by atoms with van der Waals surface area (Å²) in [6, 6.07) is 7.73. The van der Waals surface area contributed by atoms with E-state index in [1.165, 1.54) is 43.1 Å². The Balaban J connectivity index is 1.63. The van der Waals surface area contributed by atoms with Crippen LogP contribution in [0.1, 0.15) is 43.5 Å². The number of pyridine rings is 1. The number of benzene rings is 1. The van der Waals surface area contributed by atoms with Crippen molar-refractivity contribution in [1.82, 2.24) is 20.2 Å². The van der Waals surface area contributed by atoms with Crippen LogP contribution < -0.4 is 11.1 Å². The van der Waals surface area contributed by atoms with Gasteiger partial charge in [-0.05, 0) is 62.1 Å². The summed E-state index contributed by atoms with van der Waals surface area (Å²) in [4.78, 5) is 46.1. The molecule has 1 saturated heterocycles. The summed E-state index contributed by atoms with van der Waals surface area (Å²) < 4.78 is 53.6. The first-order valence-corrected chi connectivity index (χ1v) is 13.8. The number of fused-ring (bicyclic) bond motifs is 1. The summed E-state index contributed by atoms with van der Waals surface area (Å²) in [5.74, 6) is -2.61. The smallest absolute Gasteiger partial charge is 0.392 e. The fourth-order valence-electron chi connectivity index (χ4n) is 5.37. The molecule has 14 heteroatoms. The molecule has 1 aromatic heterocycles. The first-order chi connectivity index (χ1) is 20.1. The Morgan fingerprint density at radius 2 is 1.93 bits per heavy atom. The number of alkyl halides is 3. The summed E-state index contributed by atoms with van der Waals surface area (Å²) in [7, 11) is 0. The molecule has 1 aromatic carbocycles. The van der Waals surface area contributed by atoms with E-state index in [1.54, 1.807) is 18.2 Å². The van der Waals surface area contributed by atoms with Crippen molar-refractivity contribution < 1.29 is 37.1 Å². The second kappa shape index (κ2) is 12.4. The van der Waals surface area contributed by atoms with E-state index < -0.39 is 59.9 Å². The van der Waals surface area contributed by atoms with Crippen LogP contribution >= 0.6 is 0 Å². The van der Waals surface area contributed by atoms with Crippen LogP contribution in [0, 0.1) is 11.2 Å². The zero-order chi connectivity index (χ0) is 31.6. The number of nitrogens with zero attached hydrogens (tertiary/aromatic N) is 4. The van der Waals surface area contributed by atoms with Crippen molar-refractivity contribution >= 4 is 23.4 Å². The number of halogens is 4. The topological polar surface area (TPSA) is 141 Å². The van der Waals surface area contributed by atoms with Gasteiger partial charge in [0.05, 0.1) is 17.9 Å². The number of amides is 3. The number of nitrogens with two attached hydrogens (primary N) is 1. The maximum absolute atomic E-state index is 14.0. The molecule has 0 saturated carbocycles. The van der Waals surface area contributed by atoms with Gasteiger partial charge in [0.15, 0.2) is 0 Å². The highest BCUT2D eigenvalue weighted by Crippen LogP contribution is 2.39. The van der Waals surface area contributed by atoms with Gasteiger partial charge in [-0.3, -0.25) is 19.4 Å². The molecule has 2 aliphatic rings. The summed E-state index contributed by atoms with van der Waals surface area (Å²) in [6.45, 7) is 0.700. The Bertz CT molecular complexity index is 1400. The molecule has 3 heterocycles. The van der Waals surface area contributed by atoms with Crippen LogP contribution in [0.2, 0.25) is 0 Å². The molecule has 0 bridgehead atoms. The van der Waals surface area contributed by atoms with Crippen molar-refractivity contribution in [3.8, 4) is 0 Å². The van der Waals surface area contributed by atoms with Gasteiger partial charge in [0.2, 0.25) is 11.8 Å². The molecule has 0 spiro atoms. The van der Waals surface area contributed by atoms with Crippen molar-refractivity contribution in [1.29, 1.82) is 0 Å². The number of aryl methyl sites for hydroxylation is 1. The van der Waals surface area contributed by atoms with Crippen LogP contribution in [0.4, 0.5) is 17.6 Å². The van der Waals surface area contributed by atoms with Gasteiger partial charge in [0.25, 0.3) is 5.91 Å². The molecule has 0 unspecified atom stereocenters. The normalized spacial score (nSPS) is 19.6. The lowest BCUT2D eigenvalue weighted by atomic mass is 9.74. The molecule has 232 valence electrons. The number of piperidine rings is 1. The van der Waals surface area contributed by atoms with Gasteiger partial charge in [-0.15, -0.1) is 0 Å². The number of aliphatic hydroxyl groups excluding tert-OH is 1. The molecular weight excluding hydrogens is 572 g/mol. The van der Waals surface area contributed by atoms with Crippen molar-refractivity contribution in [2.75, 3.05) is 19.6 Å². The van der Waals surface area contributed by atoms with E-state index >= 15 is 0 Å². The Morgan fingerprint density at radius 1 is 1.19 bits per heavy atom. The third kappa shape index (κ3) is 7.36. The van der Waals surface area contributed by atoms with E-state index in [2.05, 4.69) is 15.4 Å². The molecule has 2 atom stereocenters. The van der Waals surface area contributed by atoms with Gasteiger partial charge in [-0.25, -0.2) is 9.40 Å². The molecule has 3 amide bonds. The predicted octanol–water partition coefficient (Wildman–Crippen LogP) is 2.09. The van der Waals surface area contributed by atoms with Crippen molar-refractivity contribution in [3.63, 3.8) is 0 Å². The zero-order valence-corrected chi connectivity index (χ0v) is 23.8. The molecule has 2 aliphatic heterocycles. The Hall–Kier alpha value is -3.91. The Morgan fingerprint density at radius 3 is 2.56 bits per heavy atom. The quantitative estimate of drug-likeness (QED) is 0.354. The number of hydrogen-bond acceptors (Lipinski definition) is 7. The van der Waals surface area contributed by atoms with E-state index in [1.807, 2.05) is 0 Å². The second-order valence-corrected chi connectivity index (χ2v) is 11.5. The van der Waals surface area contributed by atoms with E-state index in [9.17, 15) is 37.1 Å². The van der Waals surface area contributed by atoms with E-state index in [0.717, 1.165) is 0 Å². The molecule has 1 fully saturated rings. The summed E-state index contributed by atoms with van der Waals surface area (Å²) >= 11 is 0. The van der Waals surface area contributed by atoms with Gasteiger partial charge < -0.3 is 21.1 Å². The van der Waals surface area contributed by atoms with E-state index in [0.29, 0.717) is 21.8 Å². The van der Waals surface area contributed by atoms with Crippen molar-refractivity contribution in [2.24, 2.45) is 16.3 Å². The lowest BCUT2D eigenvalue weighted by Gasteiger charge is -2.40. The highest BCUT2D eigenvalue weighted by molar-refractivity contribution is 6.13. The number of rotatable bonds is 10. The molecule has 2 aromatic rings. The number of hydrazone groups is 1. The van der Waals surface area contributed by atoms with Gasteiger partial charge >= 0.3 is 6.18 Å². The Labute approximate surface area is 245 Å². The van der Waals surface area contributed by atoms with E-state index in [4.69, 9.17) is 5.73 Å². The van der Waals surface area contributed by atoms with Crippen LogP contribution in [0.3, 0.4) is 0 Å². The summed E-state index contributed by atoms with van der Waals surface area (Å²) in [6.07, 6.45) is -3.01. The van der Waals surface area contributed by atoms with Gasteiger partial charge in [-0.2, -0.15) is 18.3 Å². The Kier molecular flexibility index (Phi) is 9.21. The third-order valence-corrected chi connectivity index (χ3v) is 7.60. The highest BCUT2D eigenvalue weighted by Gasteiger charge is 2.56. The first-order valence-electron chi connectivity index (χ1n) is 13.8. The molecule has 4 N–H and O–H groups in total. The van der Waals surface area contributed by atoms with Gasteiger partial charge in [0, 0.05) is 37.8 Å². The highest BCUT2D eigenvalue weighted by atomic mass is 19.4. The van der Waals surface area contributed by atoms with Gasteiger partial charge in [0.1, 0.15) is 23.8 Å². The maximum atomic E-state index is 14.0. The maximum Gasteiger partial charge on any atom is 0.408 e. The molecule has 0 radical (unpaired) electrons. The monoisotopic (exact) mass is 606 g/mol. The molecule has 0 aliphatic carbocycles. The average molecular weight is 607 g/mol. The second-order valence-electron chi connectivity index (χ2n) is 11.5. The largest absolute Gasteiger partial charge is 0.408 e. The van der Waals surface area contributed by atoms with Crippen LogP contribution in [-0.2, 0) is 33.8 Å². The van der Waals surface area contributed by atoms with Crippen LogP contribution in [0.25, 0.3) is 0 Å². The number of likely N-dealkylation sites (tertiary alicyclic amines) is 1. The SMILES string of the molecule is CC(C)(N)C(=O)N[C@H](CCc1ccc(F)cc1CO)C(=O)N1CCC2=NN(CC(F)(F)F)C(=O)[C@]2(Cc2ccccn2)C1. The summed E-state index contributed by atoms with van der Waals surface area (Å²) in [5, 5.41) is 16.8. The van der Waals surface area contributed by atoms with E-state index in [-0.39, 0.29) is 44.5 Å². The van der Waals surface area contributed by atoms with Crippen molar-refractivity contribution in [2.45, 2.75) is 63.9 Å². The minimum atomic E-state index is -4.69. The average Bonchev–Trinajstić information content (AvgIpc) is 3.19. The first kappa shape index (κ1) is 32.0. The van der Waals surface area contributed by atoms with Crippen molar-refractivity contribution in [3.05, 3.63) is 65.2 Å². The fraction of sp³-hybridized carbons (Fsp3) is 0.483. The molecule has 10 nitrogen and oxygen atoms in total. The predicted molar refractivity (Wildman–Crippen MR) is 148 cm³/mol. The number of carbonyl (C=O) groups is 3. The van der Waals surface area contributed by atoms with Gasteiger partial charge in [-0.1, -0.05) is 12.1 Å². The third-order valence-electron chi connectivity index (χ3n) is 7.60. The number of aromatic nitrogens is 1. The minimum absolute atomic E-state index is 0.0361. The van der Waals surface area contributed by atoms with Crippen LogP contribution in [-0.4, -0.2) is 80.8 Å². The number of nitrogens with one attached hydrogen (secondary N) is 1. The standard InChI is InChI=1S/C29H34F4N6O4/c1-27(2,34)25(42)36-22(9-7-18-6-8-20(30)13-19(18)15-40)24(41)38-12-10-23-28(16-38,14-21-5-3-4-11-35-21)26(43)39(37-23)17-29(31,32)33/h3-6,8,11,13,22,40H,7,9-10,12,14-17,34H2,1-2H3,(H,36,42)/t22-,28-/m1/s1.